The summed E-state index contributed by atoms with van der Waals surface area (Å²) in [6.07, 6.45) is 0. The van der Waals surface area contributed by atoms with Crippen molar-refractivity contribution >= 4 is 21.9 Å². The van der Waals surface area contributed by atoms with Crippen LogP contribution in [0, 0.1) is 17.5 Å². The average molecular weight is 271 g/mol. The molecular weight excluding hydrogens is 269 g/mol. The summed E-state index contributed by atoms with van der Waals surface area (Å²) in [5.41, 5.74) is -1.31. The molecule has 0 amide bonds. The number of aromatic hydroxyl groups is 1. The molecule has 7 heteroatoms. The fourth-order valence-corrected chi connectivity index (χ4v) is 1.19. The maximum absolute atomic E-state index is 13.0. The Balaban J connectivity index is 3.68. The first-order valence-electron chi connectivity index (χ1n) is 3.16. The molecule has 3 nitrogen and oxygen atoms in total. The normalized spacial score (nSPS) is 10.3. The molecular formula is C7H2BrF3O3. The highest BCUT2D eigenvalue weighted by molar-refractivity contribution is 9.10. The van der Waals surface area contributed by atoms with Gasteiger partial charge in [-0.15, -0.1) is 0 Å². The molecule has 0 saturated heterocycles. The maximum atomic E-state index is 13.0. The lowest BCUT2D eigenvalue weighted by Gasteiger charge is -2.05. The van der Waals surface area contributed by atoms with E-state index in [2.05, 4.69) is 15.9 Å². The summed E-state index contributed by atoms with van der Waals surface area (Å²) < 4.78 is 37.4. The van der Waals surface area contributed by atoms with E-state index in [0.29, 0.717) is 0 Å². The molecule has 0 aliphatic heterocycles. The predicted octanol–water partition coefficient (Wildman–Crippen LogP) is 2.27. The number of hydrogen-bond donors (Lipinski definition) is 2. The van der Waals surface area contributed by atoms with Crippen LogP contribution in [0.25, 0.3) is 0 Å². The fraction of sp³-hybridized carbons (Fsp3) is 0. The number of aromatic carboxylic acids is 1. The number of benzene rings is 1. The van der Waals surface area contributed by atoms with Crippen LogP contribution in [0.2, 0.25) is 0 Å². The third-order valence-electron chi connectivity index (χ3n) is 1.46. The average Bonchev–Trinajstić information content (AvgIpc) is 2.11. The van der Waals surface area contributed by atoms with Crippen molar-refractivity contribution in [1.82, 2.24) is 0 Å². The van der Waals surface area contributed by atoms with Crippen molar-refractivity contribution in [2.75, 3.05) is 0 Å². The van der Waals surface area contributed by atoms with Crippen molar-refractivity contribution in [2.24, 2.45) is 0 Å². The first-order chi connectivity index (χ1) is 6.37. The summed E-state index contributed by atoms with van der Waals surface area (Å²) in [4.78, 5) is 10.3. The van der Waals surface area contributed by atoms with Crippen LogP contribution < -0.4 is 0 Å². The van der Waals surface area contributed by atoms with E-state index in [0.717, 1.165) is 0 Å². The Morgan fingerprint density at radius 2 is 1.64 bits per heavy atom. The standard InChI is InChI=1S/C7H2BrF3O3/c8-2-3(9)1(7(13)14)6(12)5(11)4(2)10/h12H,(H,13,14). The molecule has 1 aromatic carbocycles. The Morgan fingerprint density at radius 3 is 2.07 bits per heavy atom. The minimum atomic E-state index is -1.89. The molecule has 1 aromatic rings. The molecule has 14 heavy (non-hydrogen) atoms. The van der Waals surface area contributed by atoms with Gasteiger partial charge in [0.05, 0.1) is 4.47 Å². The maximum Gasteiger partial charge on any atom is 0.342 e. The zero-order valence-corrected chi connectivity index (χ0v) is 7.90. The Labute approximate surface area is 83.9 Å². The topological polar surface area (TPSA) is 57.5 Å². The summed E-state index contributed by atoms with van der Waals surface area (Å²) in [6, 6.07) is 0. The van der Waals surface area contributed by atoms with Crippen molar-refractivity contribution in [2.45, 2.75) is 0 Å². The number of hydrogen-bond acceptors (Lipinski definition) is 2. The van der Waals surface area contributed by atoms with Crippen molar-refractivity contribution < 1.29 is 28.2 Å². The van der Waals surface area contributed by atoms with Crippen LogP contribution in [0.3, 0.4) is 0 Å². The van der Waals surface area contributed by atoms with Gasteiger partial charge in [-0.2, -0.15) is 4.39 Å². The van der Waals surface area contributed by atoms with Crippen LogP contribution in [-0.2, 0) is 0 Å². The van der Waals surface area contributed by atoms with Crippen LogP contribution >= 0.6 is 15.9 Å². The third-order valence-corrected chi connectivity index (χ3v) is 2.15. The number of phenols is 1. The summed E-state index contributed by atoms with van der Waals surface area (Å²) in [7, 11) is 0. The number of halogens is 4. The Kier molecular flexibility index (Phi) is 2.70. The van der Waals surface area contributed by atoms with Gasteiger partial charge in [-0.3, -0.25) is 0 Å². The van der Waals surface area contributed by atoms with Gasteiger partial charge in [0.15, 0.2) is 17.4 Å². The van der Waals surface area contributed by atoms with Gasteiger partial charge in [-0.05, 0) is 15.9 Å². The van der Waals surface area contributed by atoms with Crippen LogP contribution in [0.4, 0.5) is 13.2 Å². The van der Waals surface area contributed by atoms with E-state index in [1.807, 2.05) is 0 Å². The summed E-state index contributed by atoms with van der Waals surface area (Å²) in [5, 5.41) is 17.2. The minimum absolute atomic E-state index is 0.967. The Bertz CT molecular complexity index is 390. The summed E-state index contributed by atoms with van der Waals surface area (Å²) in [6.45, 7) is 0. The SMILES string of the molecule is O=C(O)c1c(O)c(F)c(F)c(Br)c1F. The van der Waals surface area contributed by atoms with Crippen molar-refractivity contribution in [3.63, 3.8) is 0 Å². The molecule has 2 N–H and O–H groups in total. The van der Waals surface area contributed by atoms with E-state index < -0.39 is 39.2 Å². The van der Waals surface area contributed by atoms with E-state index in [1.54, 1.807) is 0 Å². The Morgan fingerprint density at radius 1 is 1.14 bits per heavy atom. The lowest BCUT2D eigenvalue weighted by Crippen LogP contribution is -2.05. The largest absolute Gasteiger partial charge is 0.504 e. The zero-order chi connectivity index (χ0) is 11.0. The van der Waals surface area contributed by atoms with E-state index in [4.69, 9.17) is 10.2 Å². The smallest absolute Gasteiger partial charge is 0.342 e. The van der Waals surface area contributed by atoms with Crippen LogP contribution in [0.1, 0.15) is 10.4 Å². The lowest BCUT2D eigenvalue weighted by atomic mass is 10.1. The molecule has 0 unspecified atom stereocenters. The van der Waals surface area contributed by atoms with Crippen molar-refractivity contribution in [3.8, 4) is 5.75 Å². The third kappa shape index (κ3) is 1.43. The summed E-state index contributed by atoms with van der Waals surface area (Å²) >= 11 is 2.32. The molecule has 0 aliphatic carbocycles. The zero-order valence-electron chi connectivity index (χ0n) is 6.31. The van der Waals surface area contributed by atoms with E-state index in [9.17, 15) is 18.0 Å². The minimum Gasteiger partial charge on any atom is -0.504 e. The van der Waals surface area contributed by atoms with Gasteiger partial charge in [-0.25, -0.2) is 13.6 Å². The molecule has 0 radical (unpaired) electrons. The number of carbonyl (C=O) groups is 1. The molecule has 0 heterocycles. The van der Waals surface area contributed by atoms with Gasteiger partial charge in [0.1, 0.15) is 5.56 Å². The van der Waals surface area contributed by atoms with E-state index in [1.165, 1.54) is 0 Å². The number of carboxylic acids is 1. The molecule has 0 spiro atoms. The highest BCUT2D eigenvalue weighted by Gasteiger charge is 2.27. The Hall–Kier alpha value is -1.24. The second kappa shape index (κ2) is 3.49. The number of rotatable bonds is 1. The van der Waals surface area contributed by atoms with Gasteiger partial charge in [0, 0.05) is 0 Å². The van der Waals surface area contributed by atoms with Crippen molar-refractivity contribution in [3.05, 3.63) is 27.5 Å². The predicted molar refractivity (Wildman–Crippen MR) is 42.6 cm³/mol. The highest BCUT2D eigenvalue weighted by atomic mass is 79.9. The van der Waals surface area contributed by atoms with Gasteiger partial charge in [0.2, 0.25) is 5.82 Å². The van der Waals surface area contributed by atoms with Crippen LogP contribution in [-0.4, -0.2) is 16.2 Å². The monoisotopic (exact) mass is 270 g/mol. The quantitative estimate of drug-likeness (QED) is 0.608. The van der Waals surface area contributed by atoms with Crippen LogP contribution in [0.15, 0.2) is 4.47 Å². The molecule has 0 aliphatic rings. The van der Waals surface area contributed by atoms with Gasteiger partial charge in [-0.1, -0.05) is 0 Å². The fourth-order valence-electron chi connectivity index (χ4n) is 0.815. The second-order valence-corrected chi connectivity index (χ2v) is 3.08. The van der Waals surface area contributed by atoms with Gasteiger partial charge in [0.25, 0.3) is 0 Å². The van der Waals surface area contributed by atoms with E-state index in [-0.39, 0.29) is 0 Å². The molecule has 1 rings (SSSR count). The van der Waals surface area contributed by atoms with Crippen LogP contribution in [0.5, 0.6) is 5.75 Å². The molecule has 0 fully saturated rings. The molecule has 0 atom stereocenters. The molecule has 0 bridgehead atoms. The summed E-state index contributed by atoms with van der Waals surface area (Å²) in [5.74, 6) is -8.50. The first-order valence-corrected chi connectivity index (χ1v) is 3.95. The van der Waals surface area contributed by atoms with Gasteiger partial charge >= 0.3 is 5.97 Å². The number of carboxylic acid groups (broad SMARTS) is 1. The second-order valence-electron chi connectivity index (χ2n) is 2.28. The van der Waals surface area contributed by atoms with Crippen molar-refractivity contribution in [1.29, 1.82) is 0 Å². The molecule has 76 valence electrons. The first kappa shape index (κ1) is 10.8. The highest BCUT2D eigenvalue weighted by Crippen LogP contribution is 2.33. The lowest BCUT2D eigenvalue weighted by molar-refractivity contribution is 0.0686. The van der Waals surface area contributed by atoms with Gasteiger partial charge < -0.3 is 10.2 Å². The molecule has 0 aromatic heterocycles. The molecule has 0 saturated carbocycles. The van der Waals surface area contributed by atoms with E-state index >= 15 is 0 Å².